The Labute approximate surface area is 81.1 Å². The van der Waals surface area contributed by atoms with Gasteiger partial charge in [0.2, 0.25) is 0 Å². The molecule has 0 saturated carbocycles. The number of hydrogen-bond donors (Lipinski definition) is 3. The number of aliphatic hydroxyl groups is 1. The zero-order valence-corrected chi connectivity index (χ0v) is 7.86. The van der Waals surface area contributed by atoms with Crippen molar-refractivity contribution in [3.8, 4) is 5.75 Å². The standard InChI is InChI=1S/C7H9NO5S/c9-5-8-6-1-3-7(4-2-6)13-14(10,11)12/h1-4,8-9H,5H2,(H,10,11,12). The minimum absolute atomic E-state index is 0.00371. The molecule has 1 aromatic carbocycles. The summed E-state index contributed by atoms with van der Waals surface area (Å²) in [4.78, 5) is 0. The fourth-order valence-corrected chi connectivity index (χ4v) is 1.20. The smallest absolute Gasteiger partial charge is 0.377 e. The fourth-order valence-electron chi connectivity index (χ4n) is 0.841. The van der Waals surface area contributed by atoms with Gasteiger partial charge in [0, 0.05) is 5.69 Å². The first-order valence-electron chi connectivity index (χ1n) is 3.63. The zero-order chi connectivity index (χ0) is 10.6. The molecule has 78 valence electrons. The van der Waals surface area contributed by atoms with Crippen LogP contribution in [0.4, 0.5) is 5.69 Å². The number of anilines is 1. The van der Waals surface area contributed by atoms with Crippen LogP contribution in [0.2, 0.25) is 0 Å². The molecule has 0 amide bonds. The summed E-state index contributed by atoms with van der Waals surface area (Å²) < 4.78 is 33.1. The summed E-state index contributed by atoms with van der Waals surface area (Å²) in [5.41, 5.74) is 0.607. The van der Waals surface area contributed by atoms with E-state index in [1.807, 2.05) is 0 Å². The molecule has 0 aliphatic carbocycles. The van der Waals surface area contributed by atoms with Gasteiger partial charge in [-0.3, -0.25) is 4.55 Å². The van der Waals surface area contributed by atoms with Crippen LogP contribution in [0.5, 0.6) is 5.75 Å². The van der Waals surface area contributed by atoms with E-state index >= 15 is 0 Å². The van der Waals surface area contributed by atoms with E-state index in [9.17, 15) is 8.42 Å². The maximum atomic E-state index is 10.3. The predicted molar refractivity (Wildman–Crippen MR) is 49.3 cm³/mol. The van der Waals surface area contributed by atoms with Crippen molar-refractivity contribution in [1.29, 1.82) is 0 Å². The molecule has 0 aliphatic heterocycles. The van der Waals surface area contributed by atoms with Gasteiger partial charge < -0.3 is 14.6 Å². The fraction of sp³-hybridized carbons (Fsp3) is 0.143. The normalized spacial score (nSPS) is 11.0. The number of benzene rings is 1. The highest BCUT2D eigenvalue weighted by Gasteiger charge is 2.05. The van der Waals surface area contributed by atoms with E-state index in [1.54, 1.807) is 0 Å². The Kier molecular flexibility index (Phi) is 3.28. The summed E-state index contributed by atoms with van der Waals surface area (Å²) in [6.07, 6.45) is 0. The van der Waals surface area contributed by atoms with Crippen LogP contribution in [0.15, 0.2) is 24.3 Å². The van der Waals surface area contributed by atoms with Crippen LogP contribution >= 0.6 is 0 Å². The molecule has 0 saturated heterocycles. The minimum atomic E-state index is -4.47. The van der Waals surface area contributed by atoms with Gasteiger partial charge >= 0.3 is 10.4 Å². The van der Waals surface area contributed by atoms with Crippen LogP contribution in [0.3, 0.4) is 0 Å². The van der Waals surface area contributed by atoms with Crippen LogP contribution in [-0.4, -0.2) is 24.8 Å². The van der Waals surface area contributed by atoms with Crippen molar-refractivity contribution in [2.75, 3.05) is 12.0 Å². The van der Waals surface area contributed by atoms with Crippen molar-refractivity contribution in [3.05, 3.63) is 24.3 Å². The lowest BCUT2D eigenvalue weighted by molar-refractivity contribution is 0.325. The molecule has 0 fully saturated rings. The highest BCUT2D eigenvalue weighted by Crippen LogP contribution is 2.16. The third kappa shape index (κ3) is 3.60. The predicted octanol–water partition coefficient (Wildman–Crippen LogP) is 0.230. The molecule has 0 atom stereocenters. The molecule has 1 aromatic rings. The Morgan fingerprint density at radius 2 is 1.86 bits per heavy atom. The molecule has 0 bridgehead atoms. The second kappa shape index (κ2) is 4.27. The van der Waals surface area contributed by atoms with Gasteiger partial charge in [0.1, 0.15) is 12.5 Å². The lowest BCUT2D eigenvalue weighted by atomic mass is 10.3. The molecular weight excluding hydrogens is 210 g/mol. The van der Waals surface area contributed by atoms with Crippen LogP contribution < -0.4 is 9.50 Å². The van der Waals surface area contributed by atoms with E-state index in [2.05, 4.69) is 9.50 Å². The molecular formula is C7H9NO5S. The first-order chi connectivity index (χ1) is 6.51. The Morgan fingerprint density at radius 3 is 2.29 bits per heavy atom. The van der Waals surface area contributed by atoms with Gasteiger partial charge in [-0.1, -0.05) is 0 Å². The Hall–Kier alpha value is -1.31. The van der Waals surface area contributed by atoms with Crippen molar-refractivity contribution in [3.63, 3.8) is 0 Å². The Morgan fingerprint density at radius 1 is 1.29 bits per heavy atom. The van der Waals surface area contributed by atoms with Gasteiger partial charge in [0.05, 0.1) is 0 Å². The van der Waals surface area contributed by atoms with E-state index in [4.69, 9.17) is 9.66 Å². The number of aliphatic hydroxyl groups excluding tert-OH is 1. The molecule has 6 nitrogen and oxygen atoms in total. The van der Waals surface area contributed by atoms with Crippen LogP contribution in [-0.2, 0) is 10.4 Å². The van der Waals surface area contributed by atoms with Crippen molar-refractivity contribution in [2.45, 2.75) is 0 Å². The molecule has 0 aliphatic rings. The van der Waals surface area contributed by atoms with Crippen LogP contribution in [0.25, 0.3) is 0 Å². The molecule has 3 N–H and O–H groups in total. The van der Waals surface area contributed by atoms with Gasteiger partial charge in [-0.05, 0) is 24.3 Å². The summed E-state index contributed by atoms with van der Waals surface area (Å²) in [5, 5.41) is 11.1. The quantitative estimate of drug-likeness (QED) is 0.495. The van der Waals surface area contributed by atoms with E-state index in [0.717, 1.165) is 0 Å². The summed E-state index contributed by atoms with van der Waals surface area (Å²) in [5.74, 6) is -0.00371. The Bertz CT molecular complexity index is 385. The summed E-state index contributed by atoms with van der Waals surface area (Å²) in [6, 6.07) is 5.67. The van der Waals surface area contributed by atoms with Gasteiger partial charge in [0.25, 0.3) is 0 Å². The third-order valence-corrected chi connectivity index (χ3v) is 1.74. The molecule has 0 radical (unpaired) electrons. The minimum Gasteiger partial charge on any atom is -0.377 e. The highest BCUT2D eigenvalue weighted by molar-refractivity contribution is 7.81. The molecule has 0 heterocycles. The monoisotopic (exact) mass is 219 g/mol. The van der Waals surface area contributed by atoms with E-state index in [-0.39, 0.29) is 12.5 Å². The average molecular weight is 219 g/mol. The van der Waals surface area contributed by atoms with Crippen molar-refractivity contribution >= 4 is 16.1 Å². The maximum Gasteiger partial charge on any atom is 0.446 e. The van der Waals surface area contributed by atoms with Gasteiger partial charge in [-0.25, -0.2) is 0 Å². The second-order valence-electron chi connectivity index (χ2n) is 2.37. The molecule has 0 aromatic heterocycles. The molecule has 0 spiro atoms. The largest absolute Gasteiger partial charge is 0.446 e. The van der Waals surface area contributed by atoms with Gasteiger partial charge in [0.15, 0.2) is 0 Å². The van der Waals surface area contributed by atoms with Crippen molar-refractivity contribution < 1.29 is 22.3 Å². The molecule has 0 unspecified atom stereocenters. The number of nitrogens with one attached hydrogen (secondary N) is 1. The lowest BCUT2D eigenvalue weighted by Crippen LogP contribution is -2.06. The molecule has 1 rings (SSSR count). The second-order valence-corrected chi connectivity index (χ2v) is 3.39. The summed E-state index contributed by atoms with van der Waals surface area (Å²) >= 11 is 0. The van der Waals surface area contributed by atoms with Crippen molar-refractivity contribution in [1.82, 2.24) is 0 Å². The SMILES string of the molecule is O=S(=O)(O)Oc1ccc(NCO)cc1. The molecule has 14 heavy (non-hydrogen) atoms. The van der Waals surface area contributed by atoms with E-state index in [0.29, 0.717) is 5.69 Å². The Balaban J connectivity index is 2.74. The molecule has 7 heteroatoms. The third-order valence-electron chi connectivity index (χ3n) is 1.34. The first kappa shape index (κ1) is 10.8. The average Bonchev–Trinajstić information content (AvgIpc) is 2.06. The topological polar surface area (TPSA) is 95.9 Å². The summed E-state index contributed by atoms with van der Waals surface area (Å²) in [6.45, 7) is -0.224. The number of rotatable bonds is 4. The lowest BCUT2D eigenvalue weighted by Gasteiger charge is -2.04. The maximum absolute atomic E-state index is 10.3. The van der Waals surface area contributed by atoms with Crippen LogP contribution in [0, 0.1) is 0 Å². The highest BCUT2D eigenvalue weighted by atomic mass is 32.3. The van der Waals surface area contributed by atoms with Gasteiger partial charge in [-0.15, -0.1) is 0 Å². The van der Waals surface area contributed by atoms with Crippen LogP contribution in [0.1, 0.15) is 0 Å². The number of hydrogen-bond acceptors (Lipinski definition) is 5. The van der Waals surface area contributed by atoms with E-state index < -0.39 is 10.4 Å². The summed E-state index contributed by atoms with van der Waals surface area (Å²) in [7, 11) is -4.47. The first-order valence-corrected chi connectivity index (χ1v) is 4.99. The van der Waals surface area contributed by atoms with Crippen molar-refractivity contribution in [2.24, 2.45) is 0 Å². The van der Waals surface area contributed by atoms with E-state index in [1.165, 1.54) is 24.3 Å². The van der Waals surface area contributed by atoms with Gasteiger partial charge in [-0.2, -0.15) is 8.42 Å². The zero-order valence-electron chi connectivity index (χ0n) is 7.04.